The van der Waals surface area contributed by atoms with Gasteiger partial charge in [0.25, 0.3) is 0 Å². The number of rotatable bonds is 3. The number of aryl methyl sites for hydroxylation is 1. The van der Waals surface area contributed by atoms with Crippen molar-refractivity contribution in [3.05, 3.63) is 52.0 Å². The molecule has 2 aromatic rings. The topological polar surface area (TPSA) is 33.1 Å². The highest BCUT2D eigenvalue weighted by atomic mass is 32.1. The molecule has 2 nitrogen and oxygen atoms in total. The summed E-state index contributed by atoms with van der Waals surface area (Å²) >= 11 is 1.67. The minimum absolute atomic E-state index is 0.550. The molecule has 1 fully saturated rings. The van der Waals surface area contributed by atoms with Crippen LogP contribution in [0.5, 0.6) is 0 Å². The van der Waals surface area contributed by atoms with E-state index in [4.69, 9.17) is 0 Å². The van der Waals surface area contributed by atoms with Crippen LogP contribution in [0.4, 0.5) is 0 Å². The molecule has 0 spiro atoms. The normalized spacial score (nSPS) is 26.6. The largest absolute Gasteiger partial charge is 0.389 e. The van der Waals surface area contributed by atoms with Crippen molar-refractivity contribution in [2.75, 3.05) is 0 Å². The first-order chi connectivity index (χ1) is 9.65. The summed E-state index contributed by atoms with van der Waals surface area (Å²) in [6.45, 7) is 2.02. The first kappa shape index (κ1) is 13.8. The van der Waals surface area contributed by atoms with Gasteiger partial charge in [-0.15, -0.1) is 11.3 Å². The van der Waals surface area contributed by atoms with Crippen molar-refractivity contribution in [3.63, 3.8) is 0 Å². The third-order valence-electron chi connectivity index (χ3n) is 4.36. The lowest BCUT2D eigenvalue weighted by atomic mass is 9.74. The van der Waals surface area contributed by atoms with Crippen LogP contribution in [0.3, 0.4) is 0 Å². The average molecular weight is 287 g/mol. The first-order valence-electron chi connectivity index (χ1n) is 7.33. The van der Waals surface area contributed by atoms with Gasteiger partial charge in [-0.1, -0.05) is 30.3 Å². The lowest BCUT2D eigenvalue weighted by molar-refractivity contribution is -0.00115. The van der Waals surface area contributed by atoms with E-state index in [9.17, 15) is 5.11 Å². The SMILES string of the molecule is Cc1nc(CC2(O)CCC(c3ccccc3)CC2)cs1. The molecule has 0 bridgehead atoms. The molecule has 0 amide bonds. The molecule has 0 aliphatic heterocycles. The Labute approximate surface area is 124 Å². The van der Waals surface area contributed by atoms with Gasteiger partial charge >= 0.3 is 0 Å². The van der Waals surface area contributed by atoms with Gasteiger partial charge < -0.3 is 5.11 Å². The van der Waals surface area contributed by atoms with Crippen molar-refractivity contribution < 1.29 is 5.11 Å². The summed E-state index contributed by atoms with van der Waals surface area (Å²) in [6, 6.07) is 10.7. The van der Waals surface area contributed by atoms with Gasteiger partial charge in [0.15, 0.2) is 0 Å². The van der Waals surface area contributed by atoms with E-state index in [-0.39, 0.29) is 0 Å². The Bertz CT molecular complexity index is 555. The van der Waals surface area contributed by atoms with Crippen LogP contribution in [-0.4, -0.2) is 15.7 Å². The summed E-state index contributed by atoms with van der Waals surface area (Å²) in [5.41, 5.74) is 1.92. The zero-order chi connectivity index (χ0) is 14.0. The van der Waals surface area contributed by atoms with E-state index in [0.29, 0.717) is 12.3 Å². The van der Waals surface area contributed by atoms with Crippen molar-refractivity contribution in [3.8, 4) is 0 Å². The first-order valence-corrected chi connectivity index (χ1v) is 8.21. The van der Waals surface area contributed by atoms with E-state index in [0.717, 1.165) is 36.4 Å². The molecule has 1 saturated carbocycles. The van der Waals surface area contributed by atoms with E-state index >= 15 is 0 Å². The maximum atomic E-state index is 10.8. The van der Waals surface area contributed by atoms with Gasteiger partial charge in [-0.25, -0.2) is 4.98 Å². The van der Waals surface area contributed by atoms with Gasteiger partial charge in [0.1, 0.15) is 0 Å². The summed E-state index contributed by atoms with van der Waals surface area (Å²) < 4.78 is 0. The second-order valence-corrected chi connectivity index (χ2v) is 7.01. The molecular weight excluding hydrogens is 266 g/mol. The number of hydrogen-bond donors (Lipinski definition) is 1. The molecule has 0 unspecified atom stereocenters. The van der Waals surface area contributed by atoms with Gasteiger partial charge in [0, 0.05) is 11.8 Å². The molecule has 0 atom stereocenters. The highest BCUT2D eigenvalue weighted by Crippen LogP contribution is 2.39. The Morgan fingerprint density at radius 1 is 1.25 bits per heavy atom. The van der Waals surface area contributed by atoms with Crippen molar-refractivity contribution in [1.29, 1.82) is 0 Å². The summed E-state index contributed by atoms with van der Waals surface area (Å²) in [4.78, 5) is 4.49. The van der Waals surface area contributed by atoms with Gasteiger partial charge in [-0.2, -0.15) is 0 Å². The number of aliphatic hydroxyl groups is 1. The van der Waals surface area contributed by atoms with Gasteiger partial charge in [-0.3, -0.25) is 0 Å². The van der Waals surface area contributed by atoms with Crippen molar-refractivity contribution in [2.45, 2.75) is 50.5 Å². The maximum Gasteiger partial charge on any atom is 0.0897 e. The summed E-state index contributed by atoms with van der Waals surface area (Å²) in [5, 5.41) is 13.9. The Hall–Kier alpha value is -1.19. The monoisotopic (exact) mass is 287 g/mol. The van der Waals surface area contributed by atoms with E-state index in [1.54, 1.807) is 11.3 Å². The molecule has 1 aromatic carbocycles. The molecular formula is C17H21NOS. The summed E-state index contributed by atoms with van der Waals surface area (Å²) in [6.07, 6.45) is 4.61. The Balaban J connectivity index is 1.62. The Kier molecular flexibility index (Phi) is 3.90. The molecule has 0 saturated heterocycles. The predicted octanol–water partition coefficient (Wildman–Crippen LogP) is 4.08. The minimum Gasteiger partial charge on any atom is -0.389 e. The van der Waals surface area contributed by atoms with Crippen molar-refractivity contribution >= 4 is 11.3 Å². The average Bonchev–Trinajstić information content (AvgIpc) is 2.85. The molecule has 1 heterocycles. The van der Waals surface area contributed by atoms with Crippen LogP contribution in [-0.2, 0) is 6.42 Å². The van der Waals surface area contributed by atoms with E-state index in [1.807, 2.05) is 6.92 Å². The van der Waals surface area contributed by atoms with Gasteiger partial charge in [0.05, 0.1) is 16.3 Å². The minimum atomic E-state index is -0.550. The van der Waals surface area contributed by atoms with E-state index in [1.165, 1.54) is 5.56 Å². The number of benzene rings is 1. The molecule has 3 heteroatoms. The molecule has 3 rings (SSSR count). The number of thiazole rings is 1. The van der Waals surface area contributed by atoms with Gasteiger partial charge in [0.2, 0.25) is 0 Å². The quantitative estimate of drug-likeness (QED) is 0.922. The fourth-order valence-electron chi connectivity index (χ4n) is 3.22. The fourth-order valence-corrected chi connectivity index (χ4v) is 3.83. The lowest BCUT2D eigenvalue weighted by Gasteiger charge is -2.36. The van der Waals surface area contributed by atoms with Crippen LogP contribution in [0.1, 0.15) is 47.9 Å². The molecule has 1 aliphatic carbocycles. The van der Waals surface area contributed by atoms with Crippen LogP contribution >= 0.6 is 11.3 Å². The molecule has 1 aromatic heterocycles. The van der Waals surface area contributed by atoms with E-state index < -0.39 is 5.60 Å². The Morgan fingerprint density at radius 3 is 2.55 bits per heavy atom. The Morgan fingerprint density at radius 2 is 1.95 bits per heavy atom. The van der Waals surface area contributed by atoms with Crippen molar-refractivity contribution in [1.82, 2.24) is 4.98 Å². The second-order valence-electron chi connectivity index (χ2n) is 5.94. The number of nitrogens with zero attached hydrogens (tertiary/aromatic N) is 1. The zero-order valence-electron chi connectivity index (χ0n) is 11.9. The number of aromatic nitrogens is 1. The third-order valence-corrected chi connectivity index (χ3v) is 5.19. The molecule has 1 N–H and O–H groups in total. The van der Waals surface area contributed by atoms with Gasteiger partial charge in [-0.05, 0) is 44.1 Å². The van der Waals surface area contributed by atoms with Crippen LogP contribution in [0.25, 0.3) is 0 Å². The molecule has 1 aliphatic rings. The predicted molar refractivity (Wildman–Crippen MR) is 83.2 cm³/mol. The number of hydrogen-bond acceptors (Lipinski definition) is 3. The summed E-state index contributed by atoms with van der Waals surface area (Å²) in [7, 11) is 0. The highest BCUT2D eigenvalue weighted by molar-refractivity contribution is 7.09. The third kappa shape index (κ3) is 3.10. The van der Waals surface area contributed by atoms with E-state index in [2.05, 4.69) is 40.7 Å². The zero-order valence-corrected chi connectivity index (χ0v) is 12.7. The van der Waals surface area contributed by atoms with Crippen LogP contribution < -0.4 is 0 Å². The lowest BCUT2D eigenvalue weighted by Crippen LogP contribution is -2.35. The van der Waals surface area contributed by atoms with Crippen LogP contribution in [0.15, 0.2) is 35.7 Å². The summed E-state index contributed by atoms with van der Waals surface area (Å²) in [5.74, 6) is 0.605. The standard InChI is InChI=1S/C17H21NOS/c1-13-18-16(12-20-13)11-17(19)9-7-15(8-10-17)14-5-3-2-4-6-14/h2-6,12,15,19H,7-11H2,1H3. The fraction of sp³-hybridized carbons (Fsp3) is 0.471. The van der Waals surface area contributed by atoms with Crippen LogP contribution in [0, 0.1) is 6.92 Å². The smallest absolute Gasteiger partial charge is 0.0897 e. The molecule has 0 radical (unpaired) electrons. The maximum absolute atomic E-state index is 10.8. The molecule has 106 valence electrons. The second kappa shape index (κ2) is 5.66. The highest BCUT2D eigenvalue weighted by Gasteiger charge is 2.34. The van der Waals surface area contributed by atoms with Crippen molar-refractivity contribution in [2.24, 2.45) is 0 Å². The molecule has 20 heavy (non-hydrogen) atoms. The van der Waals surface area contributed by atoms with Crippen LogP contribution in [0.2, 0.25) is 0 Å².